The minimum Gasteiger partial charge on any atom is -0.321 e. The Bertz CT molecular complexity index is 1000. The average Bonchev–Trinajstić information content (AvgIpc) is 2.97. The van der Waals surface area contributed by atoms with Crippen molar-refractivity contribution in [3.8, 4) is 10.6 Å². The van der Waals surface area contributed by atoms with Crippen molar-refractivity contribution in [1.82, 2.24) is 4.98 Å². The van der Waals surface area contributed by atoms with Crippen LogP contribution in [0.1, 0.15) is 15.4 Å². The molecule has 0 radical (unpaired) electrons. The van der Waals surface area contributed by atoms with E-state index >= 15 is 0 Å². The topological polar surface area (TPSA) is 59.1 Å². The van der Waals surface area contributed by atoms with Crippen molar-refractivity contribution in [3.05, 3.63) is 64.7 Å². The first-order valence-electron chi connectivity index (χ1n) is 7.53. The monoisotopic (exact) mass is 392 g/mol. The van der Waals surface area contributed by atoms with E-state index in [-0.39, 0.29) is 16.4 Å². The molecule has 0 aliphatic rings. The van der Waals surface area contributed by atoms with Crippen LogP contribution in [0.5, 0.6) is 0 Å². The Balaban J connectivity index is 1.83. The molecule has 26 heavy (non-hydrogen) atoms. The SMILES string of the molecule is Cc1nc(-c2ccc(F)cc2)sc1C(=O)Nc1ccc([S@](C)=O)c(F)c1. The summed E-state index contributed by atoms with van der Waals surface area (Å²) in [5, 5.41) is 3.21. The quantitative estimate of drug-likeness (QED) is 0.717. The molecule has 3 rings (SSSR count). The number of carbonyl (C=O) groups is 1. The van der Waals surface area contributed by atoms with Crippen molar-refractivity contribution in [1.29, 1.82) is 0 Å². The molecule has 0 saturated heterocycles. The second kappa shape index (κ2) is 7.43. The molecule has 1 N–H and O–H groups in total. The van der Waals surface area contributed by atoms with Crippen LogP contribution in [0.3, 0.4) is 0 Å². The normalized spacial score (nSPS) is 12.0. The van der Waals surface area contributed by atoms with Gasteiger partial charge in [-0.25, -0.2) is 13.8 Å². The van der Waals surface area contributed by atoms with Gasteiger partial charge in [0, 0.05) is 17.5 Å². The number of aromatic nitrogens is 1. The lowest BCUT2D eigenvalue weighted by atomic mass is 10.2. The number of rotatable bonds is 4. The van der Waals surface area contributed by atoms with Crippen LogP contribution in [-0.2, 0) is 10.8 Å². The standard InChI is InChI=1S/C18H14F2N2O2S2/c1-10-16(25-18(21-10)11-3-5-12(19)6-4-11)17(23)22-13-7-8-15(26(2)24)14(20)9-13/h3-9H,1-2H3,(H,22,23)/t26-/m0/s1. The first-order valence-corrected chi connectivity index (χ1v) is 9.90. The van der Waals surface area contributed by atoms with Gasteiger partial charge in [0.05, 0.1) is 21.4 Å². The fourth-order valence-electron chi connectivity index (χ4n) is 2.32. The zero-order chi connectivity index (χ0) is 18.8. The van der Waals surface area contributed by atoms with Gasteiger partial charge in [-0.05, 0) is 49.4 Å². The minimum atomic E-state index is -1.44. The van der Waals surface area contributed by atoms with E-state index in [2.05, 4.69) is 10.3 Å². The van der Waals surface area contributed by atoms with Crippen molar-refractivity contribution >= 4 is 33.7 Å². The summed E-state index contributed by atoms with van der Waals surface area (Å²) in [6.45, 7) is 1.70. The van der Waals surface area contributed by atoms with Gasteiger partial charge in [-0.3, -0.25) is 9.00 Å². The van der Waals surface area contributed by atoms with Crippen molar-refractivity contribution < 1.29 is 17.8 Å². The number of benzene rings is 2. The van der Waals surface area contributed by atoms with Crippen LogP contribution in [0.4, 0.5) is 14.5 Å². The smallest absolute Gasteiger partial charge is 0.267 e. The number of hydrogen-bond acceptors (Lipinski definition) is 4. The zero-order valence-corrected chi connectivity index (χ0v) is 15.5. The molecule has 1 atom stereocenters. The zero-order valence-electron chi connectivity index (χ0n) is 13.9. The lowest BCUT2D eigenvalue weighted by molar-refractivity contribution is 0.103. The second-order valence-electron chi connectivity index (χ2n) is 5.49. The van der Waals surface area contributed by atoms with Crippen LogP contribution >= 0.6 is 11.3 Å². The van der Waals surface area contributed by atoms with Crippen molar-refractivity contribution in [2.24, 2.45) is 0 Å². The number of nitrogens with zero attached hydrogens (tertiary/aromatic N) is 1. The van der Waals surface area contributed by atoms with Gasteiger partial charge in [0.1, 0.15) is 21.5 Å². The molecule has 134 valence electrons. The van der Waals surface area contributed by atoms with E-state index in [0.29, 0.717) is 21.1 Å². The molecule has 0 bridgehead atoms. The maximum Gasteiger partial charge on any atom is 0.267 e. The molecule has 8 heteroatoms. The van der Waals surface area contributed by atoms with Gasteiger partial charge in [0.15, 0.2) is 0 Å². The maximum absolute atomic E-state index is 13.9. The predicted octanol–water partition coefficient (Wildman–Crippen LogP) is 4.39. The molecule has 0 fully saturated rings. The molecule has 2 aromatic carbocycles. The Labute approximate surface area is 155 Å². The molecule has 3 aromatic rings. The Morgan fingerprint density at radius 3 is 2.46 bits per heavy atom. The highest BCUT2D eigenvalue weighted by atomic mass is 32.2. The Morgan fingerprint density at radius 1 is 1.15 bits per heavy atom. The summed E-state index contributed by atoms with van der Waals surface area (Å²) in [6.07, 6.45) is 1.38. The molecule has 1 amide bonds. The summed E-state index contributed by atoms with van der Waals surface area (Å²) >= 11 is 1.17. The number of aryl methyl sites for hydroxylation is 1. The fraction of sp³-hybridized carbons (Fsp3) is 0.111. The van der Waals surface area contributed by atoms with Gasteiger partial charge in [0.25, 0.3) is 5.91 Å². The maximum atomic E-state index is 13.9. The number of carbonyl (C=O) groups excluding carboxylic acids is 1. The number of halogens is 2. The molecular weight excluding hydrogens is 378 g/mol. The Hall–Kier alpha value is -2.45. The third kappa shape index (κ3) is 3.86. The van der Waals surface area contributed by atoms with E-state index in [4.69, 9.17) is 0 Å². The van der Waals surface area contributed by atoms with E-state index in [0.717, 1.165) is 6.07 Å². The van der Waals surface area contributed by atoms with Gasteiger partial charge >= 0.3 is 0 Å². The van der Waals surface area contributed by atoms with E-state index in [1.807, 2.05) is 0 Å². The predicted molar refractivity (Wildman–Crippen MR) is 98.9 cm³/mol. The number of hydrogen-bond donors (Lipinski definition) is 1. The molecule has 0 aliphatic carbocycles. The highest BCUT2D eigenvalue weighted by Crippen LogP contribution is 2.29. The van der Waals surface area contributed by atoms with E-state index in [9.17, 15) is 17.8 Å². The van der Waals surface area contributed by atoms with Crippen LogP contribution < -0.4 is 5.32 Å². The van der Waals surface area contributed by atoms with E-state index in [1.165, 1.54) is 41.9 Å². The van der Waals surface area contributed by atoms with Gasteiger partial charge in [0.2, 0.25) is 0 Å². The molecule has 0 spiro atoms. The fourth-order valence-corrected chi connectivity index (χ4v) is 3.88. The average molecular weight is 392 g/mol. The summed E-state index contributed by atoms with van der Waals surface area (Å²) in [5.74, 6) is -1.41. The molecule has 4 nitrogen and oxygen atoms in total. The first-order chi connectivity index (χ1) is 12.3. The molecule has 1 heterocycles. The van der Waals surface area contributed by atoms with Gasteiger partial charge in [-0.1, -0.05) is 0 Å². The van der Waals surface area contributed by atoms with Crippen molar-refractivity contribution in [2.45, 2.75) is 11.8 Å². The highest BCUT2D eigenvalue weighted by molar-refractivity contribution is 7.84. The largest absolute Gasteiger partial charge is 0.321 e. The highest BCUT2D eigenvalue weighted by Gasteiger charge is 2.17. The molecule has 0 unspecified atom stereocenters. The summed E-state index contributed by atoms with van der Waals surface area (Å²) in [7, 11) is -1.44. The third-order valence-electron chi connectivity index (χ3n) is 3.59. The van der Waals surface area contributed by atoms with Crippen LogP contribution in [0.25, 0.3) is 10.6 Å². The number of nitrogens with one attached hydrogen (secondary N) is 1. The van der Waals surface area contributed by atoms with Gasteiger partial charge in [-0.15, -0.1) is 11.3 Å². The molecule has 0 saturated carbocycles. The number of thiazole rings is 1. The van der Waals surface area contributed by atoms with E-state index < -0.39 is 22.5 Å². The van der Waals surface area contributed by atoms with Crippen LogP contribution in [-0.4, -0.2) is 21.4 Å². The van der Waals surface area contributed by atoms with Crippen molar-refractivity contribution in [2.75, 3.05) is 11.6 Å². The van der Waals surface area contributed by atoms with Gasteiger partial charge < -0.3 is 5.32 Å². The molecular formula is C18H14F2N2O2S2. The van der Waals surface area contributed by atoms with Crippen molar-refractivity contribution in [3.63, 3.8) is 0 Å². The van der Waals surface area contributed by atoms with Crippen LogP contribution in [0.15, 0.2) is 47.4 Å². The lowest BCUT2D eigenvalue weighted by Gasteiger charge is -2.06. The first kappa shape index (κ1) is 18.3. The van der Waals surface area contributed by atoms with Crippen LogP contribution in [0, 0.1) is 18.6 Å². The summed E-state index contributed by atoms with van der Waals surface area (Å²) in [5.41, 5.74) is 1.50. The third-order valence-corrected chi connectivity index (χ3v) is 5.75. The number of amides is 1. The summed E-state index contributed by atoms with van der Waals surface area (Å²) in [4.78, 5) is 17.3. The summed E-state index contributed by atoms with van der Waals surface area (Å²) in [6, 6.07) is 9.84. The van der Waals surface area contributed by atoms with Gasteiger partial charge in [-0.2, -0.15) is 0 Å². The molecule has 0 aliphatic heterocycles. The van der Waals surface area contributed by atoms with Crippen LogP contribution in [0.2, 0.25) is 0 Å². The minimum absolute atomic E-state index is 0.0792. The molecule has 1 aromatic heterocycles. The number of anilines is 1. The lowest BCUT2D eigenvalue weighted by Crippen LogP contribution is -2.12. The van der Waals surface area contributed by atoms with E-state index in [1.54, 1.807) is 19.1 Å². The second-order valence-corrected chi connectivity index (χ2v) is 7.84. The summed E-state index contributed by atoms with van der Waals surface area (Å²) < 4.78 is 38.3. The Morgan fingerprint density at radius 2 is 1.85 bits per heavy atom. The Kier molecular flexibility index (Phi) is 5.24.